The molecule has 0 aliphatic carbocycles. The van der Waals surface area contributed by atoms with E-state index in [0.29, 0.717) is 0 Å². The average Bonchev–Trinajstić information content (AvgIpc) is 2.55. The van der Waals surface area contributed by atoms with Crippen LogP contribution >= 0.6 is 13.5 Å². The molecule has 138 valence electrons. The molecule has 5 heteroatoms. The topological polar surface area (TPSA) is 54.4 Å². The number of benzene rings is 3. The van der Waals surface area contributed by atoms with Crippen molar-refractivity contribution >= 4 is 24.5 Å². The van der Waals surface area contributed by atoms with Crippen LogP contribution in [-0.2, 0) is 11.0 Å². The Morgan fingerprint density at radius 3 is 1.65 bits per heavy atom. The Kier molecular flexibility index (Phi) is 8.58. The summed E-state index contributed by atoms with van der Waals surface area (Å²) in [6.07, 6.45) is 0. The summed E-state index contributed by atoms with van der Waals surface area (Å²) in [5.41, 5.74) is 9.26. The van der Waals surface area contributed by atoms with Gasteiger partial charge in [0, 0.05) is 0 Å². The third-order valence-corrected chi connectivity index (χ3v) is 3.96. The van der Waals surface area contributed by atoms with Crippen LogP contribution in [0, 0.1) is 20.8 Å². The summed E-state index contributed by atoms with van der Waals surface area (Å²) >= 11 is 0. The number of thiol groups is 1. The molecule has 26 heavy (non-hydrogen) atoms. The minimum Gasteiger partial charge on any atom is -0.288 e. The summed E-state index contributed by atoms with van der Waals surface area (Å²) in [6.45, 7) is 6.57. The van der Waals surface area contributed by atoms with Crippen LogP contribution in [0.5, 0.6) is 0 Å². The molecule has 0 amide bonds. The van der Waals surface area contributed by atoms with Gasteiger partial charge in [-0.2, -0.15) is 13.5 Å². The summed E-state index contributed by atoms with van der Waals surface area (Å²) in [6, 6.07) is 23.8. The van der Waals surface area contributed by atoms with Crippen LogP contribution in [0.15, 0.2) is 66.7 Å². The molecular weight excluding hydrogens is 364 g/mol. The van der Waals surface area contributed by atoms with Gasteiger partial charge >= 0.3 is 0 Å². The monoisotopic (exact) mass is 388 g/mol. The molecule has 0 aliphatic heterocycles. The van der Waals surface area contributed by atoms with Crippen molar-refractivity contribution in [2.45, 2.75) is 20.8 Å². The third-order valence-electron chi connectivity index (χ3n) is 3.96. The van der Waals surface area contributed by atoms with Gasteiger partial charge in [0.05, 0.1) is 0 Å². The Balaban J connectivity index is 0.000000616. The summed E-state index contributed by atoms with van der Waals surface area (Å²) < 4.78 is 24.2. The Morgan fingerprint density at radius 2 is 1.15 bits per heavy atom. The highest BCUT2D eigenvalue weighted by Crippen LogP contribution is 2.36. The predicted molar refractivity (Wildman–Crippen MR) is 115 cm³/mol. The fourth-order valence-corrected chi connectivity index (χ4v) is 3.18. The van der Waals surface area contributed by atoms with Crippen molar-refractivity contribution in [3.05, 3.63) is 83.4 Å². The standard InChI is InChI=1S/C21H20.H2O3S.H2S/c1-15-13-16(2)21(17(3)14-15)20-12-8-7-11-19(20)18-9-5-4-6-10-18;1-4(2)3;/h4-14H,1-3H3;4H,(H,1,2,3);1H2. The smallest absolute Gasteiger partial charge is 0.254 e. The van der Waals surface area contributed by atoms with Crippen LogP contribution in [0.25, 0.3) is 22.3 Å². The van der Waals surface area contributed by atoms with E-state index in [1.807, 2.05) is 0 Å². The highest BCUT2D eigenvalue weighted by atomic mass is 32.2. The highest BCUT2D eigenvalue weighted by molar-refractivity contribution is 7.66. The minimum absolute atomic E-state index is 0. The van der Waals surface area contributed by atoms with E-state index in [2.05, 4.69) is 87.5 Å². The fourth-order valence-electron chi connectivity index (χ4n) is 3.18. The molecule has 0 saturated heterocycles. The lowest BCUT2D eigenvalue weighted by Crippen LogP contribution is -1.92. The first-order valence-electron chi connectivity index (χ1n) is 7.96. The minimum atomic E-state index is -3.12. The van der Waals surface area contributed by atoms with Gasteiger partial charge in [0.15, 0.2) is 0 Å². The van der Waals surface area contributed by atoms with Gasteiger partial charge in [-0.1, -0.05) is 72.3 Å². The molecule has 0 atom stereocenters. The molecule has 0 bridgehead atoms. The Morgan fingerprint density at radius 1 is 0.731 bits per heavy atom. The first-order chi connectivity index (χ1) is 11.9. The molecule has 3 rings (SSSR count). The van der Waals surface area contributed by atoms with Crippen LogP contribution in [-0.4, -0.2) is 13.0 Å². The van der Waals surface area contributed by atoms with Crippen molar-refractivity contribution in [2.24, 2.45) is 0 Å². The van der Waals surface area contributed by atoms with E-state index >= 15 is 0 Å². The molecule has 0 aromatic heterocycles. The molecule has 0 radical (unpaired) electrons. The number of aryl methyl sites for hydroxylation is 3. The van der Waals surface area contributed by atoms with E-state index < -0.39 is 11.0 Å². The summed E-state index contributed by atoms with van der Waals surface area (Å²) in [4.78, 5) is 0. The maximum absolute atomic E-state index is 8.59. The second-order valence-electron chi connectivity index (χ2n) is 5.92. The van der Waals surface area contributed by atoms with Gasteiger partial charge in [0.1, 0.15) is 0 Å². The van der Waals surface area contributed by atoms with E-state index in [1.165, 1.54) is 38.9 Å². The van der Waals surface area contributed by atoms with Crippen LogP contribution in [0.2, 0.25) is 0 Å². The SMILES string of the molecule is Cc1cc(C)c(-c2ccccc2-c2ccccc2)c(C)c1.O=[SH](=O)O.S. The van der Waals surface area contributed by atoms with Gasteiger partial charge in [0.25, 0.3) is 11.0 Å². The predicted octanol–water partition coefficient (Wildman–Crippen LogP) is 5.13. The van der Waals surface area contributed by atoms with E-state index in [9.17, 15) is 0 Å². The first kappa shape index (κ1) is 22.0. The number of rotatable bonds is 2. The van der Waals surface area contributed by atoms with Crippen LogP contribution in [0.1, 0.15) is 16.7 Å². The molecule has 0 unspecified atom stereocenters. The van der Waals surface area contributed by atoms with E-state index in [4.69, 9.17) is 13.0 Å². The quantitative estimate of drug-likeness (QED) is 0.473. The van der Waals surface area contributed by atoms with Gasteiger partial charge in [-0.05, 0) is 54.2 Å². The molecule has 0 spiro atoms. The van der Waals surface area contributed by atoms with Crippen LogP contribution < -0.4 is 0 Å². The van der Waals surface area contributed by atoms with Crippen molar-refractivity contribution in [2.75, 3.05) is 0 Å². The second kappa shape index (κ2) is 10.2. The molecule has 0 saturated carbocycles. The van der Waals surface area contributed by atoms with Crippen molar-refractivity contribution < 1.29 is 13.0 Å². The normalized spacial score (nSPS) is 9.88. The zero-order valence-electron chi connectivity index (χ0n) is 15.1. The molecule has 3 nitrogen and oxygen atoms in total. The second-order valence-corrected chi connectivity index (χ2v) is 6.40. The zero-order valence-corrected chi connectivity index (χ0v) is 17.0. The molecule has 0 heterocycles. The number of hydrogen-bond donors (Lipinski definition) is 2. The third kappa shape index (κ3) is 5.73. The Bertz CT molecular complexity index is 902. The van der Waals surface area contributed by atoms with E-state index in [0.717, 1.165) is 0 Å². The molecule has 0 fully saturated rings. The van der Waals surface area contributed by atoms with Gasteiger partial charge < -0.3 is 0 Å². The first-order valence-corrected chi connectivity index (χ1v) is 9.09. The van der Waals surface area contributed by atoms with Crippen molar-refractivity contribution in [3.8, 4) is 22.3 Å². The zero-order chi connectivity index (χ0) is 18.4. The summed E-state index contributed by atoms with van der Waals surface area (Å²) in [7, 11) is -3.12. The highest BCUT2D eigenvalue weighted by Gasteiger charge is 2.11. The van der Waals surface area contributed by atoms with Gasteiger partial charge in [-0.25, -0.2) is 8.42 Å². The maximum Gasteiger partial charge on any atom is 0.254 e. The lowest BCUT2D eigenvalue weighted by Gasteiger charge is -2.16. The van der Waals surface area contributed by atoms with Gasteiger partial charge in [-0.15, -0.1) is 0 Å². The molecule has 1 N–H and O–H groups in total. The van der Waals surface area contributed by atoms with E-state index in [1.54, 1.807) is 0 Å². The lowest BCUT2D eigenvalue weighted by atomic mass is 9.88. The lowest BCUT2D eigenvalue weighted by molar-refractivity contribution is 0.509. The maximum atomic E-state index is 8.59. The fraction of sp³-hybridized carbons (Fsp3) is 0.143. The van der Waals surface area contributed by atoms with Crippen LogP contribution in [0.4, 0.5) is 0 Å². The van der Waals surface area contributed by atoms with Gasteiger partial charge in [0.2, 0.25) is 0 Å². The van der Waals surface area contributed by atoms with Crippen molar-refractivity contribution in [1.82, 2.24) is 0 Å². The van der Waals surface area contributed by atoms with E-state index in [-0.39, 0.29) is 13.5 Å². The molecule has 3 aromatic carbocycles. The molecule has 3 aromatic rings. The Labute approximate surface area is 163 Å². The summed E-state index contributed by atoms with van der Waals surface area (Å²) in [5, 5.41) is 0. The van der Waals surface area contributed by atoms with Crippen molar-refractivity contribution in [3.63, 3.8) is 0 Å². The summed E-state index contributed by atoms with van der Waals surface area (Å²) in [5.74, 6) is 0. The average molecular weight is 389 g/mol. The number of hydrogen-bond acceptors (Lipinski definition) is 2. The van der Waals surface area contributed by atoms with Crippen molar-refractivity contribution in [1.29, 1.82) is 0 Å². The van der Waals surface area contributed by atoms with Gasteiger partial charge in [-0.3, -0.25) is 4.55 Å². The largest absolute Gasteiger partial charge is 0.288 e. The molecule has 0 aliphatic rings. The van der Waals surface area contributed by atoms with Crippen LogP contribution in [0.3, 0.4) is 0 Å². The molecular formula is C21H24O3S2. The Hall–Kier alpha value is -2.08.